The first-order valence-electron chi connectivity index (χ1n) is 9.00. The largest absolute Gasteiger partial charge is 0.455 e. The van der Waals surface area contributed by atoms with Crippen LogP contribution in [-0.4, -0.2) is 52.7 Å². The quantitative estimate of drug-likeness (QED) is 0.881. The Morgan fingerprint density at radius 2 is 2.08 bits per heavy atom. The van der Waals surface area contributed by atoms with Crippen molar-refractivity contribution < 1.29 is 4.74 Å². The summed E-state index contributed by atoms with van der Waals surface area (Å²) in [6.45, 7) is 4.09. The number of aliphatic imine (C=N–C) groups is 1. The van der Waals surface area contributed by atoms with Gasteiger partial charge >= 0.3 is 0 Å². The van der Waals surface area contributed by atoms with Gasteiger partial charge in [0.2, 0.25) is 0 Å². The second kappa shape index (κ2) is 6.21. The molecule has 0 saturated carbocycles. The summed E-state index contributed by atoms with van der Waals surface area (Å²) in [4.78, 5) is 15.7. The fraction of sp³-hybridized carbons (Fsp3) is 0.421. The first-order valence-corrected chi connectivity index (χ1v) is 9.38. The molecule has 6 heterocycles. The molecule has 1 atom stereocenters. The number of halogens is 1. The third kappa shape index (κ3) is 2.83. The summed E-state index contributed by atoms with van der Waals surface area (Å²) in [5.74, 6) is 1.31. The molecule has 6 nitrogen and oxygen atoms in total. The summed E-state index contributed by atoms with van der Waals surface area (Å²) < 4.78 is 6.32. The predicted molar refractivity (Wildman–Crippen MR) is 101 cm³/mol. The van der Waals surface area contributed by atoms with Gasteiger partial charge in [-0.2, -0.15) is 0 Å². The van der Waals surface area contributed by atoms with Gasteiger partial charge in [-0.25, -0.2) is 9.98 Å². The Morgan fingerprint density at radius 3 is 2.85 bits per heavy atom. The first-order chi connectivity index (χ1) is 12.7. The normalized spacial score (nSPS) is 29.5. The Morgan fingerprint density at radius 1 is 1.19 bits per heavy atom. The van der Waals surface area contributed by atoms with E-state index >= 15 is 0 Å². The number of aromatic nitrogens is 2. The molecule has 2 bridgehead atoms. The summed E-state index contributed by atoms with van der Waals surface area (Å²) in [6.07, 6.45) is 7.59. The van der Waals surface area contributed by atoms with Crippen LogP contribution in [0.3, 0.4) is 0 Å². The number of rotatable bonds is 2. The molecule has 0 amide bonds. The Bertz CT molecular complexity index is 865. The van der Waals surface area contributed by atoms with Crippen LogP contribution in [0.1, 0.15) is 12.8 Å². The molecule has 1 N–H and O–H groups in total. The van der Waals surface area contributed by atoms with Crippen LogP contribution in [-0.2, 0) is 4.74 Å². The summed E-state index contributed by atoms with van der Waals surface area (Å²) in [7, 11) is 0. The van der Waals surface area contributed by atoms with E-state index in [1.807, 2.05) is 18.2 Å². The number of hydrogen-bond acceptors (Lipinski definition) is 6. The number of fused-ring (bicyclic) bond motifs is 2. The predicted octanol–water partition coefficient (Wildman–Crippen LogP) is 3.06. The average Bonchev–Trinajstić information content (AvgIpc) is 3.05. The van der Waals surface area contributed by atoms with E-state index in [9.17, 15) is 0 Å². The standard InChI is InChI=1S/C19H20ClN5O/c20-16-7-14(9-21-10-16)13-1-4-22-17(8-13)24-18-23-11-19(26-18)12-25-5-2-15(19)3-6-25/h1,4,7-10,15H,2-3,5-6,11-12H2,(H,22,23,24). The molecule has 3 fully saturated rings. The lowest BCUT2D eigenvalue weighted by Gasteiger charge is -2.50. The third-order valence-corrected chi connectivity index (χ3v) is 5.85. The fourth-order valence-corrected chi connectivity index (χ4v) is 4.48. The number of pyridine rings is 2. The molecule has 2 aromatic rings. The average molecular weight is 370 g/mol. The van der Waals surface area contributed by atoms with Crippen molar-refractivity contribution in [1.82, 2.24) is 14.9 Å². The molecule has 26 heavy (non-hydrogen) atoms. The van der Waals surface area contributed by atoms with E-state index in [-0.39, 0.29) is 5.60 Å². The van der Waals surface area contributed by atoms with E-state index in [0.717, 1.165) is 24.2 Å². The Hall–Kier alpha value is -2.18. The van der Waals surface area contributed by atoms with Crippen molar-refractivity contribution in [2.75, 3.05) is 31.5 Å². The molecule has 0 aromatic carbocycles. The van der Waals surface area contributed by atoms with Crippen molar-refractivity contribution in [2.24, 2.45) is 10.9 Å². The van der Waals surface area contributed by atoms with E-state index in [1.54, 1.807) is 18.6 Å². The second-order valence-corrected chi connectivity index (χ2v) is 7.72. The zero-order valence-electron chi connectivity index (χ0n) is 14.4. The van der Waals surface area contributed by atoms with Crippen molar-refractivity contribution in [1.29, 1.82) is 0 Å². The molecule has 2 aromatic heterocycles. The van der Waals surface area contributed by atoms with Gasteiger partial charge in [-0.3, -0.25) is 15.2 Å². The number of hydrogen-bond donors (Lipinski definition) is 1. The number of nitrogens with one attached hydrogen (secondary N) is 1. The number of anilines is 1. The highest BCUT2D eigenvalue weighted by molar-refractivity contribution is 6.30. The van der Waals surface area contributed by atoms with E-state index in [1.165, 1.54) is 25.9 Å². The van der Waals surface area contributed by atoms with Gasteiger partial charge in [0.25, 0.3) is 6.02 Å². The van der Waals surface area contributed by atoms with Crippen molar-refractivity contribution in [3.05, 3.63) is 41.8 Å². The van der Waals surface area contributed by atoms with Gasteiger partial charge in [0.15, 0.2) is 0 Å². The molecule has 4 aliphatic heterocycles. The van der Waals surface area contributed by atoms with Crippen LogP contribution in [0.5, 0.6) is 0 Å². The first kappa shape index (κ1) is 16.0. The Kier molecular flexibility index (Phi) is 3.83. The lowest BCUT2D eigenvalue weighted by molar-refractivity contribution is -0.0829. The van der Waals surface area contributed by atoms with Crippen LogP contribution in [0.2, 0.25) is 5.02 Å². The Labute approximate surface area is 157 Å². The molecule has 4 aliphatic rings. The lowest BCUT2D eigenvalue weighted by atomic mass is 9.75. The lowest BCUT2D eigenvalue weighted by Crippen LogP contribution is -2.61. The number of nitrogens with zero attached hydrogens (tertiary/aromatic N) is 4. The zero-order chi connectivity index (χ0) is 17.6. The summed E-state index contributed by atoms with van der Waals surface area (Å²) >= 11 is 6.05. The van der Waals surface area contributed by atoms with Gasteiger partial charge in [-0.05, 0) is 49.7 Å². The van der Waals surface area contributed by atoms with Gasteiger partial charge < -0.3 is 4.74 Å². The third-order valence-electron chi connectivity index (χ3n) is 5.65. The number of piperidine rings is 3. The van der Waals surface area contributed by atoms with Gasteiger partial charge in [-0.1, -0.05) is 11.6 Å². The maximum atomic E-state index is 6.32. The molecule has 0 radical (unpaired) electrons. The van der Waals surface area contributed by atoms with Crippen LogP contribution in [0, 0.1) is 5.92 Å². The minimum atomic E-state index is -0.146. The van der Waals surface area contributed by atoms with Crippen LogP contribution >= 0.6 is 11.6 Å². The van der Waals surface area contributed by atoms with Crippen molar-refractivity contribution >= 4 is 23.4 Å². The minimum Gasteiger partial charge on any atom is -0.455 e. The number of ether oxygens (including phenoxy) is 1. The smallest absolute Gasteiger partial charge is 0.291 e. The molecule has 7 heteroatoms. The van der Waals surface area contributed by atoms with Gasteiger partial charge in [0.1, 0.15) is 11.4 Å². The second-order valence-electron chi connectivity index (χ2n) is 7.29. The van der Waals surface area contributed by atoms with Crippen LogP contribution in [0.4, 0.5) is 5.82 Å². The molecular formula is C19H20ClN5O. The van der Waals surface area contributed by atoms with Crippen LogP contribution < -0.4 is 5.32 Å². The fourth-order valence-electron chi connectivity index (χ4n) is 4.30. The highest BCUT2D eigenvalue weighted by Crippen LogP contribution is 2.40. The van der Waals surface area contributed by atoms with Gasteiger partial charge in [-0.15, -0.1) is 0 Å². The molecular weight excluding hydrogens is 350 g/mol. The molecule has 1 unspecified atom stereocenters. The molecule has 1 spiro atoms. The van der Waals surface area contributed by atoms with E-state index in [0.29, 0.717) is 22.8 Å². The highest BCUT2D eigenvalue weighted by Gasteiger charge is 2.51. The van der Waals surface area contributed by atoms with Crippen molar-refractivity contribution in [3.8, 4) is 11.1 Å². The van der Waals surface area contributed by atoms with E-state index in [2.05, 4.69) is 25.2 Å². The minimum absolute atomic E-state index is 0.146. The topological polar surface area (TPSA) is 62.6 Å². The van der Waals surface area contributed by atoms with Gasteiger partial charge in [0.05, 0.1) is 11.6 Å². The number of amidine groups is 1. The highest BCUT2D eigenvalue weighted by atomic mass is 35.5. The monoisotopic (exact) mass is 369 g/mol. The van der Waals surface area contributed by atoms with E-state index < -0.39 is 0 Å². The van der Waals surface area contributed by atoms with Crippen LogP contribution in [0.25, 0.3) is 11.1 Å². The summed E-state index contributed by atoms with van der Waals surface area (Å²) in [5, 5.41) is 3.85. The van der Waals surface area contributed by atoms with Crippen LogP contribution in [0.15, 0.2) is 41.8 Å². The summed E-state index contributed by atoms with van der Waals surface area (Å²) in [5.41, 5.74) is 1.80. The maximum absolute atomic E-state index is 6.32. The SMILES string of the molecule is Clc1cncc(-c2ccnc(NC3=NCC4(CN5CCC4CC5)O3)c2)c1. The molecule has 3 saturated heterocycles. The molecule has 134 valence electrons. The van der Waals surface area contributed by atoms with Crippen molar-refractivity contribution in [3.63, 3.8) is 0 Å². The van der Waals surface area contributed by atoms with Crippen molar-refractivity contribution in [2.45, 2.75) is 18.4 Å². The van der Waals surface area contributed by atoms with Gasteiger partial charge in [0, 0.05) is 36.6 Å². The maximum Gasteiger partial charge on any atom is 0.291 e. The van der Waals surface area contributed by atoms with E-state index in [4.69, 9.17) is 16.3 Å². The summed E-state index contributed by atoms with van der Waals surface area (Å²) in [6, 6.07) is 6.36. The Balaban J connectivity index is 1.32. The molecule has 6 rings (SSSR count). The zero-order valence-corrected chi connectivity index (χ0v) is 15.1. The molecule has 0 aliphatic carbocycles.